The first-order valence-corrected chi connectivity index (χ1v) is 12.4. The molecule has 6 nitrogen and oxygen atoms in total. The van der Waals surface area contributed by atoms with Gasteiger partial charge in [-0.1, -0.05) is 32.0 Å². The molecule has 3 aliphatic rings. The number of nitrogens with zero attached hydrogens (tertiary/aromatic N) is 2. The van der Waals surface area contributed by atoms with E-state index in [4.69, 9.17) is 4.74 Å². The Bertz CT molecular complexity index is 1110. The van der Waals surface area contributed by atoms with E-state index in [2.05, 4.69) is 18.8 Å². The number of rotatable bonds is 5. The van der Waals surface area contributed by atoms with Gasteiger partial charge in [0.25, 0.3) is 0 Å². The van der Waals surface area contributed by atoms with E-state index in [0.717, 1.165) is 17.3 Å². The number of hydrogen-bond acceptors (Lipinski definition) is 5. The summed E-state index contributed by atoms with van der Waals surface area (Å²) in [6.45, 7) is 4.90. The molecule has 2 saturated carbocycles. The predicted octanol–water partition coefficient (Wildman–Crippen LogP) is 3.41. The lowest BCUT2D eigenvalue weighted by atomic mass is 9.70. The van der Waals surface area contributed by atoms with Gasteiger partial charge >= 0.3 is 0 Å². The highest BCUT2D eigenvalue weighted by Crippen LogP contribution is 2.64. The molecule has 1 aliphatic heterocycles. The first-order valence-electron chi connectivity index (χ1n) is 10.7. The number of benzene rings is 1. The van der Waals surface area contributed by atoms with Gasteiger partial charge in [-0.2, -0.15) is 4.31 Å². The van der Waals surface area contributed by atoms with Gasteiger partial charge in [-0.25, -0.2) is 8.42 Å². The Balaban J connectivity index is 1.32. The standard InChI is InChI=1S/C23H28N2O4S/c1-22(2)17-8-10-23(22,20(26)13-17)15-30(27,28)25-12-9-18(14-25)29-19-7-3-5-16-6-4-11-24-21(16)19/h3-7,11,17-18H,8-10,12-15H2,1-2H3. The molecule has 1 saturated heterocycles. The largest absolute Gasteiger partial charge is 0.487 e. The fourth-order valence-electron chi connectivity index (χ4n) is 5.91. The fourth-order valence-corrected chi connectivity index (χ4v) is 8.17. The van der Waals surface area contributed by atoms with Gasteiger partial charge in [-0.15, -0.1) is 0 Å². The second-order valence-corrected chi connectivity index (χ2v) is 11.6. The van der Waals surface area contributed by atoms with Gasteiger partial charge in [0.05, 0.1) is 12.3 Å². The molecule has 1 aromatic carbocycles. The minimum atomic E-state index is -3.54. The molecule has 0 spiro atoms. The van der Waals surface area contributed by atoms with Crippen molar-refractivity contribution >= 4 is 26.7 Å². The van der Waals surface area contributed by atoms with Crippen LogP contribution in [-0.2, 0) is 14.8 Å². The molecule has 7 heteroatoms. The van der Waals surface area contributed by atoms with Gasteiger partial charge in [-0.05, 0) is 42.7 Å². The van der Waals surface area contributed by atoms with Crippen LogP contribution in [0.4, 0.5) is 0 Å². The van der Waals surface area contributed by atoms with Crippen LogP contribution < -0.4 is 4.74 Å². The molecular weight excluding hydrogens is 400 g/mol. The molecule has 30 heavy (non-hydrogen) atoms. The van der Waals surface area contributed by atoms with Gasteiger partial charge < -0.3 is 4.74 Å². The Morgan fingerprint density at radius 2 is 2.00 bits per heavy atom. The minimum absolute atomic E-state index is 0.0646. The lowest BCUT2D eigenvalue weighted by molar-refractivity contribution is -0.128. The summed E-state index contributed by atoms with van der Waals surface area (Å²) in [4.78, 5) is 17.2. The molecule has 160 valence electrons. The zero-order valence-electron chi connectivity index (χ0n) is 17.5. The third-order valence-corrected chi connectivity index (χ3v) is 9.93. The highest BCUT2D eigenvalue weighted by Gasteiger charge is 2.65. The van der Waals surface area contributed by atoms with Crippen molar-refractivity contribution in [2.45, 2.75) is 45.6 Å². The van der Waals surface area contributed by atoms with Crippen LogP contribution in [0.15, 0.2) is 36.5 Å². The number of fused-ring (bicyclic) bond motifs is 3. The van der Waals surface area contributed by atoms with Crippen LogP contribution in [0, 0.1) is 16.7 Å². The first-order chi connectivity index (χ1) is 14.2. The summed E-state index contributed by atoms with van der Waals surface area (Å²) in [6, 6.07) is 9.65. The Morgan fingerprint density at radius 3 is 2.73 bits per heavy atom. The SMILES string of the molecule is CC1(C)C2CCC1(CS(=O)(=O)N1CCC(Oc3cccc4cccnc34)C1)C(=O)C2. The molecule has 3 unspecified atom stereocenters. The fraction of sp³-hybridized carbons (Fsp3) is 0.565. The van der Waals surface area contributed by atoms with E-state index in [0.29, 0.717) is 44.0 Å². The maximum atomic E-state index is 13.3. The van der Waals surface area contributed by atoms with Crippen LogP contribution in [-0.4, -0.2) is 48.4 Å². The molecule has 3 atom stereocenters. The first kappa shape index (κ1) is 19.9. The van der Waals surface area contributed by atoms with E-state index in [1.165, 1.54) is 4.31 Å². The zero-order chi connectivity index (χ0) is 21.1. The molecule has 1 aromatic heterocycles. The highest BCUT2D eigenvalue weighted by atomic mass is 32.2. The Hall–Kier alpha value is -1.99. The topological polar surface area (TPSA) is 76.6 Å². The van der Waals surface area contributed by atoms with E-state index in [-0.39, 0.29) is 23.1 Å². The van der Waals surface area contributed by atoms with Gasteiger partial charge in [0.15, 0.2) is 0 Å². The number of Topliss-reactive ketones (excluding diaryl/α,β-unsaturated/α-hetero) is 1. The smallest absolute Gasteiger partial charge is 0.215 e. The summed E-state index contributed by atoms with van der Waals surface area (Å²) >= 11 is 0. The molecule has 0 amide bonds. The Morgan fingerprint density at radius 1 is 1.20 bits per heavy atom. The summed E-state index contributed by atoms with van der Waals surface area (Å²) in [7, 11) is -3.54. The van der Waals surface area contributed by atoms with Gasteiger partial charge in [0.1, 0.15) is 23.2 Å². The second-order valence-electron chi connectivity index (χ2n) is 9.64. The molecule has 0 N–H and O–H groups in total. The third kappa shape index (κ3) is 2.89. The number of aromatic nitrogens is 1. The number of sulfonamides is 1. The maximum absolute atomic E-state index is 13.3. The summed E-state index contributed by atoms with van der Waals surface area (Å²) in [5, 5.41) is 0.995. The minimum Gasteiger partial charge on any atom is -0.487 e. The average Bonchev–Trinajstić information content (AvgIpc) is 3.32. The molecule has 3 fully saturated rings. The normalized spacial score (nSPS) is 30.9. The van der Waals surface area contributed by atoms with Gasteiger partial charge in [-0.3, -0.25) is 9.78 Å². The van der Waals surface area contributed by atoms with Crippen molar-refractivity contribution in [2.75, 3.05) is 18.8 Å². The quantitative estimate of drug-likeness (QED) is 0.729. The number of carbonyl (C=O) groups excluding carboxylic acids is 1. The number of ether oxygens (including phenoxy) is 1. The number of para-hydroxylation sites is 1. The van der Waals surface area contributed by atoms with Crippen molar-refractivity contribution in [3.8, 4) is 5.75 Å². The van der Waals surface area contributed by atoms with Crippen LogP contribution in [0.25, 0.3) is 10.9 Å². The van der Waals surface area contributed by atoms with E-state index in [1.54, 1.807) is 6.20 Å². The van der Waals surface area contributed by atoms with E-state index >= 15 is 0 Å². The van der Waals surface area contributed by atoms with Gasteiger partial charge in [0, 0.05) is 30.0 Å². The molecule has 5 rings (SSSR count). The van der Waals surface area contributed by atoms with E-state index in [9.17, 15) is 13.2 Å². The van der Waals surface area contributed by atoms with Crippen LogP contribution in [0.3, 0.4) is 0 Å². The van der Waals surface area contributed by atoms with Gasteiger partial charge in [0.2, 0.25) is 10.0 Å². The van der Waals surface area contributed by atoms with Crippen LogP contribution in [0.2, 0.25) is 0 Å². The number of ketones is 1. The third-order valence-electron chi connectivity index (χ3n) is 7.96. The molecule has 2 aromatic rings. The van der Waals surface area contributed by atoms with E-state index in [1.807, 2.05) is 30.3 Å². The number of pyridine rings is 1. The van der Waals surface area contributed by atoms with Crippen molar-refractivity contribution in [3.05, 3.63) is 36.5 Å². The average molecular weight is 429 g/mol. The molecule has 0 radical (unpaired) electrons. The molecular formula is C23H28N2O4S. The summed E-state index contributed by atoms with van der Waals surface area (Å²) in [5.41, 5.74) is -0.188. The van der Waals surface area contributed by atoms with Crippen LogP contribution >= 0.6 is 0 Å². The molecule has 2 heterocycles. The second kappa shape index (κ2) is 6.76. The van der Waals surface area contributed by atoms with Crippen molar-refractivity contribution in [3.63, 3.8) is 0 Å². The summed E-state index contributed by atoms with van der Waals surface area (Å²) in [6.07, 6.45) is 4.33. The summed E-state index contributed by atoms with van der Waals surface area (Å²) < 4.78 is 34.3. The van der Waals surface area contributed by atoms with Crippen molar-refractivity contribution in [2.24, 2.45) is 16.7 Å². The lowest BCUT2D eigenvalue weighted by Gasteiger charge is -2.37. The predicted molar refractivity (Wildman–Crippen MR) is 115 cm³/mol. The molecule has 2 aliphatic carbocycles. The Kier molecular flexibility index (Phi) is 4.49. The van der Waals surface area contributed by atoms with Crippen molar-refractivity contribution in [1.29, 1.82) is 0 Å². The highest BCUT2D eigenvalue weighted by molar-refractivity contribution is 7.89. The van der Waals surface area contributed by atoms with E-state index < -0.39 is 15.4 Å². The van der Waals surface area contributed by atoms with Crippen molar-refractivity contribution < 1.29 is 17.9 Å². The Labute approximate surface area is 177 Å². The monoisotopic (exact) mass is 428 g/mol. The maximum Gasteiger partial charge on any atom is 0.215 e. The number of carbonyl (C=O) groups is 1. The summed E-state index contributed by atoms with van der Waals surface area (Å²) in [5.74, 6) is 1.07. The molecule has 2 bridgehead atoms. The zero-order valence-corrected chi connectivity index (χ0v) is 18.3. The van der Waals surface area contributed by atoms with Crippen LogP contribution in [0.5, 0.6) is 5.75 Å². The lowest BCUT2D eigenvalue weighted by Crippen LogP contribution is -2.46. The van der Waals surface area contributed by atoms with Crippen molar-refractivity contribution in [1.82, 2.24) is 9.29 Å². The van der Waals surface area contributed by atoms with Crippen LogP contribution in [0.1, 0.15) is 39.5 Å². The number of hydrogen-bond donors (Lipinski definition) is 0.